The lowest BCUT2D eigenvalue weighted by Crippen LogP contribution is -1.87. The van der Waals surface area contributed by atoms with E-state index in [1.807, 2.05) is 42.5 Å². The highest BCUT2D eigenvalue weighted by atomic mass is 35.5. The van der Waals surface area contributed by atoms with E-state index in [0.717, 1.165) is 21.2 Å². The summed E-state index contributed by atoms with van der Waals surface area (Å²) in [6, 6.07) is 15.9. The summed E-state index contributed by atoms with van der Waals surface area (Å²) in [4.78, 5) is 1.08. The number of aliphatic hydroxyl groups is 1. The van der Waals surface area contributed by atoms with E-state index >= 15 is 0 Å². The molecule has 1 nitrogen and oxygen atoms in total. The lowest BCUT2D eigenvalue weighted by molar-refractivity contribution is 0.305. The molecule has 0 bridgehead atoms. The molecule has 0 fully saturated rings. The Hall–Kier alpha value is -1.40. The third-order valence-corrected chi connectivity index (χ3v) is 4.26. The van der Waals surface area contributed by atoms with Gasteiger partial charge in [-0.25, -0.2) is 0 Å². The Morgan fingerprint density at radius 1 is 1.05 bits per heavy atom. The average molecular weight is 303 g/mol. The Labute approximate surface area is 129 Å². The minimum atomic E-state index is 0.101. The van der Waals surface area contributed by atoms with E-state index in [9.17, 15) is 0 Å². The third kappa shape index (κ3) is 4.31. The molecule has 0 aromatic heterocycles. The van der Waals surface area contributed by atoms with E-state index in [4.69, 9.17) is 16.7 Å². The van der Waals surface area contributed by atoms with Crippen LogP contribution in [-0.2, 0) is 5.75 Å². The second kappa shape index (κ2) is 8.01. The molecule has 2 rings (SSSR count). The summed E-state index contributed by atoms with van der Waals surface area (Å²) in [6.07, 6.45) is 0.506. The van der Waals surface area contributed by atoms with Crippen molar-refractivity contribution in [2.45, 2.75) is 17.1 Å². The van der Waals surface area contributed by atoms with Crippen LogP contribution in [0.15, 0.2) is 53.4 Å². The first-order chi connectivity index (χ1) is 9.81. The van der Waals surface area contributed by atoms with Crippen LogP contribution in [0.3, 0.4) is 0 Å². The highest BCUT2D eigenvalue weighted by molar-refractivity contribution is 7.98. The van der Waals surface area contributed by atoms with Crippen molar-refractivity contribution >= 4 is 23.4 Å². The summed E-state index contributed by atoms with van der Waals surface area (Å²) >= 11 is 7.86. The number of hydrogen-bond acceptors (Lipinski definition) is 2. The van der Waals surface area contributed by atoms with Gasteiger partial charge in [-0.2, -0.15) is 0 Å². The Balaban J connectivity index is 2.10. The van der Waals surface area contributed by atoms with Gasteiger partial charge >= 0.3 is 0 Å². The minimum Gasteiger partial charge on any atom is -0.395 e. The Morgan fingerprint density at radius 3 is 2.60 bits per heavy atom. The quantitative estimate of drug-likeness (QED) is 0.668. The first-order valence-corrected chi connectivity index (χ1v) is 7.72. The fraction of sp³-hybridized carbons (Fsp3) is 0.176. The van der Waals surface area contributed by atoms with Gasteiger partial charge in [-0.3, -0.25) is 0 Å². The van der Waals surface area contributed by atoms with Crippen molar-refractivity contribution in [3.8, 4) is 11.8 Å². The Morgan fingerprint density at radius 2 is 1.80 bits per heavy atom. The van der Waals surface area contributed by atoms with Crippen LogP contribution in [0.2, 0.25) is 5.02 Å². The van der Waals surface area contributed by atoms with Crippen molar-refractivity contribution in [2.24, 2.45) is 0 Å². The maximum atomic E-state index is 8.77. The summed E-state index contributed by atoms with van der Waals surface area (Å²) in [5, 5.41) is 9.55. The lowest BCUT2D eigenvalue weighted by Gasteiger charge is -2.06. The number of benzene rings is 2. The molecule has 0 unspecified atom stereocenters. The second-order valence-corrected chi connectivity index (χ2v) is 5.58. The average Bonchev–Trinajstić information content (AvgIpc) is 2.48. The monoisotopic (exact) mass is 302 g/mol. The van der Waals surface area contributed by atoms with Crippen LogP contribution in [0.4, 0.5) is 0 Å². The second-order valence-electron chi connectivity index (χ2n) is 4.15. The van der Waals surface area contributed by atoms with Crippen LogP contribution < -0.4 is 0 Å². The van der Waals surface area contributed by atoms with Crippen molar-refractivity contribution in [3.05, 3.63) is 64.7 Å². The smallest absolute Gasteiger partial charge is 0.0541 e. The zero-order valence-electron chi connectivity index (χ0n) is 11.0. The summed E-state index contributed by atoms with van der Waals surface area (Å²) in [5.74, 6) is 6.90. The molecule has 3 heteroatoms. The van der Waals surface area contributed by atoms with Crippen LogP contribution in [0.25, 0.3) is 0 Å². The van der Waals surface area contributed by atoms with E-state index in [0.29, 0.717) is 6.42 Å². The Bertz CT molecular complexity index is 628. The number of hydrogen-bond donors (Lipinski definition) is 1. The zero-order chi connectivity index (χ0) is 14.2. The van der Waals surface area contributed by atoms with Gasteiger partial charge in [0.1, 0.15) is 0 Å². The fourth-order valence-corrected chi connectivity index (χ4v) is 2.94. The molecule has 0 aliphatic heterocycles. The molecule has 0 amide bonds. The van der Waals surface area contributed by atoms with Crippen LogP contribution >= 0.6 is 23.4 Å². The first-order valence-electron chi connectivity index (χ1n) is 6.36. The van der Waals surface area contributed by atoms with Crippen molar-refractivity contribution in [2.75, 3.05) is 6.61 Å². The molecule has 2 aromatic rings. The standard InChI is InChI=1S/C17H15ClOS/c18-16-10-3-4-11-17(16)20-13-15-9-2-1-7-14(15)8-5-6-12-19/h1-4,7,9-11,19H,6,12-13H2. The largest absolute Gasteiger partial charge is 0.395 e. The molecule has 0 heterocycles. The third-order valence-electron chi connectivity index (χ3n) is 2.70. The minimum absolute atomic E-state index is 0.101. The summed E-state index contributed by atoms with van der Waals surface area (Å²) in [5.41, 5.74) is 2.20. The summed E-state index contributed by atoms with van der Waals surface area (Å²) in [6.45, 7) is 0.101. The molecule has 102 valence electrons. The number of rotatable bonds is 4. The van der Waals surface area contributed by atoms with Crippen LogP contribution in [0.5, 0.6) is 0 Å². The lowest BCUT2D eigenvalue weighted by atomic mass is 10.1. The molecule has 2 aromatic carbocycles. The fourth-order valence-electron chi connectivity index (χ4n) is 1.70. The number of aliphatic hydroxyl groups excluding tert-OH is 1. The van der Waals surface area contributed by atoms with Gasteiger partial charge in [-0.05, 0) is 23.8 Å². The van der Waals surface area contributed by atoms with Gasteiger partial charge in [0.15, 0.2) is 0 Å². The van der Waals surface area contributed by atoms with Gasteiger partial charge in [0.05, 0.1) is 11.6 Å². The van der Waals surface area contributed by atoms with Gasteiger partial charge in [0.25, 0.3) is 0 Å². The molecule has 0 spiro atoms. The highest BCUT2D eigenvalue weighted by Crippen LogP contribution is 2.30. The molecule has 0 aliphatic rings. The molecule has 1 N–H and O–H groups in total. The summed E-state index contributed by atoms with van der Waals surface area (Å²) in [7, 11) is 0. The van der Waals surface area contributed by atoms with E-state index in [1.54, 1.807) is 11.8 Å². The predicted octanol–water partition coefficient (Wildman–Crippen LogP) is 4.37. The van der Waals surface area contributed by atoms with E-state index in [2.05, 4.69) is 17.9 Å². The van der Waals surface area contributed by atoms with Crippen LogP contribution in [-0.4, -0.2) is 11.7 Å². The van der Waals surface area contributed by atoms with Gasteiger partial charge in [0.2, 0.25) is 0 Å². The molecule has 0 atom stereocenters. The molecular weight excluding hydrogens is 288 g/mol. The normalized spacial score (nSPS) is 9.90. The first kappa shape index (κ1) is 15.0. The van der Waals surface area contributed by atoms with Crippen LogP contribution in [0.1, 0.15) is 17.5 Å². The van der Waals surface area contributed by atoms with E-state index in [1.165, 1.54) is 5.56 Å². The van der Waals surface area contributed by atoms with Crippen molar-refractivity contribution in [1.29, 1.82) is 0 Å². The Kier molecular flexibility index (Phi) is 6.01. The number of thioether (sulfide) groups is 1. The van der Waals surface area contributed by atoms with Gasteiger partial charge in [-0.1, -0.05) is 53.8 Å². The molecule has 20 heavy (non-hydrogen) atoms. The van der Waals surface area contributed by atoms with Gasteiger partial charge in [-0.15, -0.1) is 11.8 Å². The maximum Gasteiger partial charge on any atom is 0.0541 e. The SMILES string of the molecule is OCCC#Cc1ccccc1CSc1ccccc1Cl. The van der Waals surface area contributed by atoms with E-state index < -0.39 is 0 Å². The summed E-state index contributed by atoms with van der Waals surface area (Å²) < 4.78 is 0. The number of halogens is 1. The molecule has 0 aliphatic carbocycles. The maximum absolute atomic E-state index is 8.77. The topological polar surface area (TPSA) is 20.2 Å². The van der Waals surface area contributed by atoms with E-state index in [-0.39, 0.29) is 6.61 Å². The van der Waals surface area contributed by atoms with Crippen molar-refractivity contribution in [3.63, 3.8) is 0 Å². The molecule has 0 saturated carbocycles. The predicted molar refractivity (Wildman–Crippen MR) is 86.0 cm³/mol. The van der Waals surface area contributed by atoms with Crippen molar-refractivity contribution < 1.29 is 5.11 Å². The van der Waals surface area contributed by atoms with Gasteiger partial charge in [0, 0.05) is 22.6 Å². The highest BCUT2D eigenvalue weighted by Gasteiger charge is 2.03. The van der Waals surface area contributed by atoms with Crippen LogP contribution in [0, 0.1) is 11.8 Å². The molecule has 0 radical (unpaired) electrons. The van der Waals surface area contributed by atoms with Gasteiger partial charge < -0.3 is 5.11 Å². The van der Waals surface area contributed by atoms with Crippen molar-refractivity contribution in [1.82, 2.24) is 0 Å². The zero-order valence-corrected chi connectivity index (χ0v) is 12.5. The molecule has 0 saturated heterocycles. The molecular formula is C17H15ClOS.